The Bertz CT molecular complexity index is 1170. The van der Waals surface area contributed by atoms with Crippen molar-refractivity contribution in [1.29, 1.82) is 0 Å². The van der Waals surface area contributed by atoms with Gasteiger partial charge in [-0.2, -0.15) is 9.40 Å². The lowest BCUT2D eigenvalue weighted by molar-refractivity contribution is -0.135. The molecule has 0 bridgehead atoms. The minimum absolute atomic E-state index is 0.0352. The van der Waals surface area contributed by atoms with Crippen molar-refractivity contribution < 1.29 is 13.2 Å². The van der Waals surface area contributed by atoms with Gasteiger partial charge in [0, 0.05) is 31.9 Å². The van der Waals surface area contributed by atoms with E-state index in [-0.39, 0.29) is 18.2 Å². The number of para-hydroxylation sites is 1. The molecule has 1 aromatic heterocycles. The van der Waals surface area contributed by atoms with E-state index in [1.54, 1.807) is 29.7 Å². The molecule has 0 radical (unpaired) electrons. The Labute approximate surface area is 183 Å². The topological polar surface area (TPSA) is 75.5 Å². The summed E-state index contributed by atoms with van der Waals surface area (Å²) in [6, 6.07) is 16.7. The molecule has 1 aliphatic heterocycles. The average Bonchev–Trinajstić information content (AvgIpc) is 3.26. The number of likely N-dealkylation sites (N-methyl/N-ethyl adjacent to an activating group) is 1. The summed E-state index contributed by atoms with van der Waals surface area (Å²) in [5.74, 6) is -0.244. The molecule has 162 valence electrons. The zero-order valence-electron chi connectivity index (χ0n) is 17.7. The van der Waals surface area contributed by atoms with Gasteiger partial charge in [0.15, 0.2) is 0 Å². The lowest BCUT2D eigenvalue weighted by atomic mass is 9.95. The Morgan fingerprint density at radius 2 is 1.77 bits per heavy atom. The summed E-state index contributed by atoms with van der Waals surface area (Å²) in [5, 5.41) is 4.38. The molecule has 0 saturated heterocycles. The summed E-state index contributed by atoms with van der Waals surface area (Å²) in [7, 11) is -1.82. The van der Waals surface area contributed by atoms with Gasteiger partial charge in [-0.1, -0.05) is 42.5 Å². The number of carbonyl (C=O) groups is 1. The van der Waals surface area contributed by atoms with Crippen molar-refractivity contribution in [3.8, 4) is 5.69 Å². The van der Waals surface area contributed by atoms with E-state index in [2.05, 4.69) is 5.10 Å². The smallest absolute Gasteiger partial charge is 0.241 e. The molecule has 0 fully saturated rings. The van der Waals surface area contributed by atoms with Gasteiger partial charge < -0.3 is 4.90 Å². The Balaban J connectivity index is 1.55. The highest BCUT2D eigenvalue weighted by Gasteiger charge is 2.39. The minimum Gasteiger partial charge on any atom is -0.340 e. The van der Waals surface area contributed by atoms with Gasteiger partial charge in [0.25, 0.3) is 0 Å². The number of nitrogens with zero attached hydrogens (tertiary/aromatic N) is 4. The fourth-order valence-electron chi connectivity index (χ4n) is 3.94. The summed E-state index contributed by atoms with van der Waals surface area (Å²) >= 11 is 0. The quantitative estimate of drug-likeness (QED) is 0.593. The molecule has 1 unspecified atom stereocenters. The Morgan fingerprint density at radius 1 is 1.10 bits per heavy atom. The second-order valence-electron chi connectivity index (χ2n) is 7.76. The van der Waals surface area contributed by atoms with Crippen LogP contribution in [0.15, 0.2) is 67.0 Å². The third-order valence-electron chi connectivity index (χ3n) is 5.67. The fraction of sp³-hybridized carbons (Fsp3) is 0.304. The van der Waals surface area contributed by atoms with E-state index in [4.69, 9.17) is 0 Å². The normalized spacial score (nSPS) is 16.6. The molecule has 31 heavy (non-hydrogen) atoms. The second kappa shape index (κ2) is 8.64. The summed E-state index contributed by atoms with van der Waals surface area (Å²) in [6.45, 7) is 2.19. The largest absolute Gasteiger partial charge is 0.340 e. The molecular weight excluding hydrogens is 412 g/mol. The van der Waals surface area contributed by atoms with Crippen LogP contribution in [0, 0.1) is 0 Å². The molecule has 0 spiro atoms. The summed E-state index contributed by atoms with van der Waals surface area (Å²) in [5.41, 5.74) is 3.79. The number of benzene rings is 2. The molecule has 4 rings (SSSR count). The first-order chi connectivity index (χ1) is 14.9. The molecule has 0 N–H and O–H groups in total. The third kappa shape index (κ3) is 4.40. The first-order valence-corrected chi connectivity index (χ1v) is 11.9. The number of hydrogen-bond donors (Lipinski definition) is 0. The SMILES string of the molecule is CCS(=O)(=O)N1Cc2ccccc2CC1C(=O)N(C)Cc1cnn(-c2ccccc2)c1. The van der Waals surface area contributed by atoms with Gasteiger partial charge >= 0.3 is 0 Å². The van der Waals surface area contributed by atoms with Crippen molar-refractivity contribution >= 4 is 15.9 Å². The predicted molar refractivity (Wildman–Crippen MR) is 119 cm³/mol. The molecule has 2 aromatic carbocycles. The molecule has 3 aromatic rings. The van der Waals surface area contributed by atoms with Crippen molar-refractivity contribution in [3.05, 3.63) is 83.7 Å². The number of aromatic nitrogens is 2. The first-order valence-electron chi connectivity index (χ1n) is 10.3. The van der Waals surface area contributed by atoms with E-state index < -0.39 is 16.1 Å². The van der Waals surface area contributed by atoms with Crippen LogP contribution in [0.2, 0.25) is 0 Å². The molecule has 1 aliphatic rings. The van der Waals surface area contributed by atoms with Crippen molar-refractivity contribution in [1.82, 2.24) is 19.0 Å². The van der Waals surface area contributed by atoms with Gasteiger partial charge in [-0.05, 0) is 36.6 Å². The van der Waals surface area contributed by atoms with Gasteiger partial charge in [0.2, 0.25) is 15.9 Å². The number of amides is 1. The number of rotatable bonds is 6. The number of hydrogen-bond acceptors (Lipinski definition) is 4. The van der Waals surface area contributed by atoms with E-state index in [0.717, 1.165) is 22.4 Å². The van der Waals surface area contributed by atoms with Crippen LogP contribution in [0.4, 0.5) is 0 Å². The van der Waals surface area contributed by atoms with Crippen LogP contribution >= 0.6 is 0 Å². The highest BCUT2D eigenvalue weighted by Crippen LogP contribution is 2.27. The van der Waals surface area contributed by atoms with Crippen molar-refractivity contribution in [3.63, 3.8) is 0 Å². The van der Waals surface area contributed by atoms with Crippen LogP contribution in [-0.2, 0) is 34.3 Å². The molecule has 7 nitrogen and oxygen atoms in total. The lowest BCUT2D eigenvalue weighted by Crippen LogP contribution is -2.53. The zero-order chi connectivity index (χ0) is 22.0. The van der Waals surface area contributed by atoms with Crippen molar-refractivity contribution in [2.75, 3.05) is 12.8 Å². The maximum absolute atomic E-state index is 13.4. The van der Waals surface area contributed by atoms with Crippen LogP contribution in [0.25, 0.3) is 5.69 Å². The maximum Gasteiger partial charge on any atom is 0.241 e. The highest BCUT2D eigenvalue weighted by atomic mass is 32.2. The van der Waals surface area contributed by atoms with E-state index >= 15 is 0 Å². The minimum atomic E-state index is -3.53. The van der Waals surface area contributed by atoms with Gasteiger partial charge in [-0.15, -0.1) is 0 Å². The second-order valence-corrected chi connectivity index (χ2v) is 9.97. The zero-order valence-corrected chi connectivity index (χ0v) is 18.5. The Hall–Kier alpha value is -2.97. The molecule has 8 heteroatoms. The number of sulfonamides is 1. The van der Waals surface area contributed by atoms with Gasteiger partial charge in [-0.3, -0.25) is 4.79 Å². The molecule has 1 amide bonds. The van der Waals surface area contributed by atoms with Gasteiger partial charge in [0.05, 0.1) is 17.6 Å². The maximum atomic E-state index is 13.4. The van der Waals surface area contributed by atoms with E-state index in [1.807, 2.05) is 60.8 Å². The number of fused-ring (bicyclic) bond motifs is 1. The third-order valence-corrected chi connectivity index (χ3v) is 7.49. The molecular formula is C23H26N4O3S. The summed E-state index contributed by atoms with van der Waals surface area (Å²) in [4.78, 5) is 14.9. The van der Waals surface area contributed by atoms with E-state index in [9.17, 15) is 13.2 Å². The van der Waals surface area contributed by atoms with Crippen LogP contribution in [0.5, 0.6) is 0 Å². The molecule has 0 aliphatic carbocycles. The highest BCUT2D eigenvalue weighted by molar-refractivity contribution is 7.89. The van der Waals surface area contributed by atoms with Crippen LogP contribution in [0.3, 0.4) is 0 Å². The molecule has 0 saturated carbocycles. The predicted octanol–water partition coefficient (Wildman–Crippen LogP) is 2.61. The molecule has 2 heterocycles. The Kier molecular flexibility index (Phi) is 5.93. The van der Waals surface area contributed by atoms with E-state index in [1.165, 1.54) is 4.31 Å². The summed E-state index contributed by atoms with van der Waals surface area (Å²) in [6.07, 6.45) is 3.99. The van der Waals surface area contributed by atoms with Crippen LogP contribution in [0.1, 0.15) is 23.6 Å². The van der Waals surface area contributed by atoms with Gasteiger partial charge in [-0.25, -0.2) is 13.1 Å². The first kappa shape index (κ1) is 21.3. The van der Waals surface area contributed by atoms with Crippen LogP contribution in [-0.4, -0.2) is 52.2 Å². The van der Waals surface area contributed by atoms with Crippen molar-refractivity contribution in [2.24, 2.45) is 0 Å². The summed E-state index contributed by atoms with van der Waals surface area (Å²) < 4.78 is 28.6. The average molecular weight is 439 g/mol. The van der Waals surface area contributed by atoms with Crippen LogP contribution < -0.4 is 0 Å². The van der Waals surface area contributed by atoms with Gasteiger partial charge in [0.1, 0.15) is 6.04 Å². The monoisotopic (exact) mass is 438 g/mol. The van der Waals surface area contributed by atoms with E-state index in [0.29, 0.717) is 13.0 Å². The Morgan fingerprint density at radius 3 is 2.48 bits per heavy atom. The van der Waals surface area contributed by atoms with Crippen molar-refractivity contribution in [2.45, 2.75) is 32.5 Å². The number of carbonyl (C=O) groups excluding carboxylic acids is 1. The fourth-order valence-corrected chi connectivity index (χ4v) is 5.16. The standard InChI is InChI=1S/C23H26N4O3S/c1-3-31(29,30)27-17-20-10-8-7-9-19(20)13-22(27)23(28)25(2)15-18-14-24-26(16-18)21-11-5-4-6-12-21/h4-12,14,16,22H,3,13,15,17H2,1-2H3. The molecule has 1 atom stereocenters. The lowest BCUT2D eigenvalue weighted by Gasteiger charge is -2.36.